The number of aromatic nitrogens is 1. The molecule has 21 heavy (non-hydrogen) atoms. The van der Waals surface area contributed by atoms with Crippen LogP contribution in [0.1, 0.15) is 16.8 Å². The van der Waals surface area contributed by atoms with Crippen LogP contribution in [0.4, 0.5) is 5.82 Å². The fourth-order valence-corrected chi connectivity index (χ4v) is 3.06. The predicted molar refractivity (Wildman–Crippen MR) is 86.0 cm³/mol. The molecule has 3 heteroatoms. The van der Waals surface area contributed by atoms with E-state index in [9.17, 15) is 0 Å². The molecule has 3 aromatic rings. The van der Waals surface area contributed by atoms with Gasteiger partial charge in [0.1, 0.15) is 5.82 Å². The lowest BCUT2D eigenvalue weighted by molar-refractivity contribution is 0.850. The van der Waals surface area contributed by atoms with Gasteiger partial charge in [-0.2, -0.15) is 0 Å². The zero-order valence-corrected chi connectivity index (χ0v) is 11.8. The molecule has 0 aliphatic carbocycles. The van der Waals surface area contributed by atoms with Crippen LogP contribution in [0.25, 0.3) is 10.8 Å². The number of fused-ring (bicyclic) bond motifs is 2. The third-order valence-electron chi connectivity index (χ3n) is 4.12. The van der Waals surface area contributed by atoms with Gasteiger partial charge in [0.05, 0.1) is 5.69 Å². The third-order valence-corrected chi connectivity index (χ3v) is 4.12. The van der Waals surface area contributed by atoms with E-state index in [-0.39, 0.29) is 0 Å². The lowest BCUT2D eigenvalue weighted by Crippen LogP contribution is -2.17. The second-order valence-corrected chi connectivity index (χ2v) is 5.49. The maximum atomic E-state index is 5.81. The molecule has 0 spiro atoms. The molecule has 2 aromatic carbocycles. The average Bonchev–Trinajstić information content (AvgIpc) is 2.97. The molecule has 1 aliphatic rings. The van der Waals surface area contributed by atoms with Crippen molar-refractivity contribution >= 4 is 16.6 Å². The summed E-state index contributed by atoms with van der Waals surface area (Å²) >= 11 is 0. The predicted octanol–water partition coefficient (Wildman–Crippen LogP) is 3.21. The van der Waals surface area contributed by atoms with E-state index in [1.165, 1.54) is 21.9 Å². The summed E-state index contributed by atoms with van der Waals surface area (Å²) < 4.78 is 0. The van der Waals surface area contributed by atoms with Crippen LogP contribution in [-0.2, 0) is 19.6 Å². The number of hydrogen-bond acceptors (Lipinski definition) is 3. The number of anilines is 1. The van der Waals surface area contributed by atoms with Crippen molar-refractivity contribution < 1.29 is 0 Å². The monoisotopic (exact) mass is 275 g/mol. The Bertz CT molecular complexity index is 785. The van der Waals surface area contributed by atoms with E-state index in [1.54, 1.807) is 0 Å². The largest absolute Gasteiger partial charge is 0.347 e. The van der Waals surface area contributed by atoms with Crippen LogP contribution in [0.3, 0.4) is 0 Å². The molecule has 0 unspecified atom stereocenters. The van der Waals surface area contributed by atoms with Gasteiger partial charge in [0.25, 0.3) is 0 Å². The van der Waals surface area contributed by atoms with Crippen LogP contribution >= 0.6 is 0 Å². The van der Waals surface area contributed by atoms with Gasteiger partial charge in [-0.15, -0.1) is 0 Å². The summed E-state index contributed by atoms with van der Waals surface area (Å²) in [4.78, 5) is 7.12. The minimum Gasteiger partial charge on any atom is -0.347 e. The highest BCUT2D eigenvalue weighted by Gasteiger charge is 2.21. The smallest absolute Gasteiger partial charge is 0.137 e. The van der Waals surface area contributed by atoms with Crippen LogP contribution in [-0.4, -0.2) is 4.98 Å². The summed E-state index contributed by atoms with van der Waals surface area (Å²) in [5, 5.41) is 2.40. The minimum atomic E-state index is 0.471. The van der Waals surface area contributed by atoms with Crippen molar-refractivity contribution in [3.05, 3.63) is 71.4 Å². The van der Waals surface area contributed by atoms with Gasteiger partial charge >= 0.3 is 0 Å². The Morgan fingerprint density at radius 3 is 2.33 bits per heavy atom. The minimum absolute atomic E-state index is 0.471. The quantitative estimate of drug-likeness (QED) is 0.781. The molecule has 4 rings (SSSR count). The number of nitrogens with zero attached hydrogens (tertiary/aromatic N) is 2. The average molecular weight is 275 g/mol. The number of benzene rings is 2. The molecule has 0 atom stereocenters. The van der Waals surface area contributed by atoms with E-state index in [0.717, 1.165) is 24.6 Å². The van der Waals surface area contributed by atoms with Crippen LogP contribution in [0.15, 0.2) is 54.6 Å². The molecule has 2 N–H and O–H groups in total. The van der Waals surface area contributed by atoms with Gasteiger partial charge in [-0.25, -0.2) is 4.98 Å². The topological polar surface area (TPSA) is 42.1 Å². The molecular formula is C18H17N3. The number of pyridine rings is 1. The lowest BCUT2D eigenvalue weighted by atomic mass is 10.1. The maximum Gasteiger partial charge on any atom is 0.137 e. The van der Waals surface area contributed by atoms with E-state index in [0.29, 0.717) is 6.54 Å². The Hall–Kier alpha value is -2.39. The molecule has 0 radical (unpaired) electrons. The zero-order valence-electron chi connectivity index (χ0n) is 11.8. The second-order valence-electron chi connectivity index (χ2n) is 5.49. The van der Waals surface area contributed by atoms with Gasteiger partial charge in [0.2, 0.25) is 0 Å². The van der Waals surface area contributed by atoms with Crippen LogP contribution in [0.2, 0.25) is 0 Å². The Kier molecular flexibility index (Phi) is 2.86. The SMILES string of the molecule is NCc1cc2ccccc2c(N2Cc3ccccc3C2)n1. The van der Waals surface area contributed by atoms with Crippen LogP contribution < -0.4 is 10.6 Å². The van der Waals surface area contributed by atoms with E-state index < -0.39 is 0 Å². The first-order valence-corrected chi connectivity index (χ1v) is 7.25. The second kappa shape index (κ2) is 4.86. The molecule has 0 saturated heterocycles. The Morgan fingerprint density at radius 1 is 0.952 bits per heavy atom. The number of rotatable bonds is 2. The molecule has 2 heterocycles. The van der Waals surface area contributed by atoms with Crippen molar-refractivity contribution in [1.82, 2.24) is 4.98 Å². The Labute approximate surface area is 124 Å². The van der Waals surface area contributed by atoms with Gasteiger partial charge in [-0.05, 0) is 22.6 Å². The molecular weight excluding hydrogens is 258 g/mol. The van der Waals surface area contributed by atoms with Crippen molar-refractivity contribution in [2.75, 3.05) is 4.90 Å². The van der Waals surface area contributed by atoms with E-state index in [2.05, 4.69) is 59.5 Å². The fraction of sp³-hybridized carbons (Fsp3) is 0.167. The first-order valence-electron chi connectivity index (χ1n) is 7.25. The van der Waals surface area contributed by atoms with Crippen molar-refractivity contribution in [3.63, 3.8) is 0 Å². The fourth-order valence-electron chi connectivity index (χ4n) is 3.06. The van der Waals surface area contributed by atoms with Gasteiger partial charge < -0.3 is 10.6 Å². The molecule has 3 nitrogen and oxygen atoms in total. The highest BCUT2D eigenvalue weighted by atomic mass is 15.2. The lowest BCUT2D eigenvalue weighted by Gasteiger charge is -2.19. The Morgan fingerprint density at radius 2 is 1.62 bits per heavy atom. The first kappa shape index (κ1) is 12.4. The van der Waals surface area contributed by atoms with Gasteiger partial charge in [0, 0.05) is 25.0 Å². The highest BCUT2D eigenvalue weighted by Crippen LogP contribution is 2.32. The van der Waals surface area contributed by atoms with E-state index in [4.69, 9.17) is 10.7 Å². The van der Waals surface area contributed by atoms with E-state index in [1.807, 2.05) is 0 Å². The summed E-state index contributed by atoms with van der Waals surface area (Å²) in [6, 6.07) is 19.1. The summed E-state index contributed by atoms with van der Waals surface area (Å²) in [6.45, 7) is 2.31. The number of hydrogen-bond donors (Lipinski definition) is 1. The van der Waals surface area contributed by atoms with Crippen molar-refractivity contribution in [1.29, 1.82) is 0 Å². The molecule has 0 fully saturated rings. The third kappa shape index (κ3) is 2.06. The molecule has 1 aliphatic heterocycles. The van der Waals surface area contributed by atoms with Gasteiger partial charge in [-0.3, -0.25) is 0 Å². The standard InChI is InChI=1S/C18H17N3/c19-10-16-9-13-5-3-4-8-17(13)18(20-16)21-11-14-6-1-2-7-15(14)12-21/h1-9H,10-12,19H2. The van der Waals surface area contributed by atoms with Crippen LogP contribution in [0, 0.1) is 0 Å². The van der Waals surface area contributed by atoms with Gasteiger partial charge in [0.15, 0.2) is 0 Å². The molecule has 0 bridgehead atoms. The normalized spacial score (nSPS) is 13.7. The molecule has 1 aromatic heterocycles. The van der Waals surface area contributed by atoms with Crippen molar-refractivity contribution in [3.8, 4) is 0 Å². The number of nitrogens with two attached hydrogens (primary N) is 1. The summed E-state index contributed by atoms with van der Waals surface area (Å²) in [7, 11) is 0. The van der Waals surface area contributed by atoms with Gasteiger partial charge in [-0.1, -0.05) is 48.5 Å². The summed E-state index contributed by atoms with van der Waals surface area (Å²) in [5.74, 6) is 1.05. The summed E-state index contributed by atoms with van der Waals surface area (Å²) in [5.41, 5.74) is 9.54. The van der Waals surface area contributed by atoms with E-state index >= 15 is 0 Å². The zero-order chi connectivity index (χ0) is 14.2. The molecule has 104 valence electrons. The molecule has 0 amide bonds. The maximum absolute atomic E-state index is 5.81. The van der Waals surface area contributed by atoms with Crippen molar-refractivity contribution in [2.24, 2.45) is 5.73 Å². The highest BCUT2D eigenvalue weighted by molar-refractivity contribution is 5.92. The first-order chi connectivity index (χ1) is 10.3. The molecule has 0 saturated carbocycles. The Balaban J connectivity index is 1.84. The van der Waals surface area contributed by atoms with Crippen molar-refractivity contribution in [2.45, 2.75) is 19.6 Å². The van der Waals surface area contributed by atoms with Crippen LogP contribution in [0.5, 0.6) is 0 Å². The summed E-state index contributed by atoms with van der Waals surface area (Å²) in [6.07, 6.45) is 0.